The normalized spacial score (nSPS) is 20.1. The number of imide groups is 1. The Morgan fingerprint density at radius 2 is 1.55 bits per heavy atom. The molecular formula is C30H26N4O6. The van der Waals surface area contributed by atoms with Crippen LogP contribution in [0, 0.1) is 12.8 Å². The van der Waals surface area contributed by atoms with Crippen LogP contribution in [0.3, 0.4) is 0 Å². The molecule has 0 saturated carbocycles. The van der Waals surface area contributed by atoms with Crippen LogP contribution in [0.4, 0.5) is 11.4 Å². The van der Waals surface area contributed by atoms with Crippen LogP contribution < -0.4 is 19.4 Å². The summed E-state index contributed by atoms with van der Waals surface area (Å²) in [5, 5.41) is 5.80. The summed E-state index contributed by atoms with van der Waals surface area (Å²) >= 11 is 0. The molecule has 0 radical (unpaired) electrons. The van der Waals surface area contributed by atoms with Crippen molar-refractivity contribution in [1.82, 2.24) is 9.78 Å². The van der Waals surface area contributed by atoms with Crippen LogP contribution in [0.1, 0.15) is 27.8 Å². The van der Waals surface area contributed by atoms with E-state index in [-0.39, 0.29) is 17.4 Å². The van der Waals surface area contributed by atoms with Crippen LogP contribution in [0.5, 0.6) is 11.5 Å². The maximum Gasteiger partial charge on any atom is 0.362 e. The molecule has 2 saturated heterocycles. The molecule has 3 heterocycles. The van der Waals surface area contributed by atoms with Crippen LogP contribution in [0.2, 0.25) is 0 Å². The fourth-order valence-corrected chi connectivity index (χ4v) is 5.29. The van der Waals surface area contributed by atoms with E-state index in [4.69, 9.17) is 14.3 Å². The van der Waals surface area contributed by atoms with Gasteiger partial charge in [0.15, 0.2) is 17.6 Å². The molecule has 202 valence electrons. The lowest BCUT2D eigenvalue weighted by Crippen LogP contribution is -2.37. The van der Waals surface area contributed by atoms with E-state index in [1.54, 1.807) is 67.6 Å². The van der Waals surface area contributed by atoms with E-state index in [9.17, 15) is 14.4 Å². The Balaban J connectivity index is 1.38. The highest BCUT2D eigenvalue weighted by molar-refractivity contribution is 6.23. The van der Waals surface area contributed by atoms with Gasteiger partial charge in [-0.05, 0) is 55.0 Å². The molecule has 10 nitrogen and oxygen atoms in total. The second-order valence-electron chi connectivity index (χ2n) is 9.60. The first-order chi connectivity index (χ1) is 19.4. The third-order valence-electron chi connectivity index (χ3n) is 7.08. The summed E-state index contributed by atoms with van der Waals surface area (Å²) in [4.78, 5) is 47.5. The van der Waals surface area contributed by atoms with Crippen LogP contribution in [-0.2, 0) is 21.5 Å². The molecule has 1 aromatic heterocycles. The Labute approximate surface area is 230 Å². The second-order valence-corrected chi connectivity index (χ2v) is 9.60. The lowest BCUT2D eigenvalue weighted by atomic mass is 9.90. The number of carbonyl (C=O) groups excluding carboxylic acids is 3. The third kappa shape index (κ3) is 4.18. The number of esters is 1. The molecule has 2 fully saturated rings. The molecule has 10 heteroatoms. The number of para-hydroxylation sites is 2. The summed E-state index contributed by atoms with van der Waals surface area (Å²) in [6.45, 7) is 1.79. The zero-order valence-corrected chi connectivity index (χ0v) is 22.1. The van der Waals surface area contributed by atoms with Gasteiger partial charge in [-0.25, -0.2) is 14.8 Å². The predicted molar refractivity (Wildman–Crippen MR) is 145 cm³/mol. The number of benzene rings is 3. The molecule has 3 atom stereocenters. The molecule has 6 rings (SSSR count). The molecule has 4 aromatic rings. The quantitative estimate of drug-likeness (QED) is 0.206. The Hall–Kier alpha value is -4.96. The zero-order valence-electron chi connectivity index (χ0n) is 22.1. The molecule has 40 heavy (non-hydrogen) atoms. The fraction of sp³-hybridized carbons (Fsp3) is 0.200. The minimum absolute atomic E-state index is 0.205. The van der Waals surface area contributed by atoms with Gasteiger partial charge < -0.3 is 9.47 Å². The number of hydrogen-bond acceptors (Lipinski definition) is 8. The van der Waals surface area contributed by atoms with E-state index in [0.29, 0.717) is 28.3 Å². The molecule has 0 bridgehead atoms. The van der Waals surface area contributed by atoms with E-state index >= 15 is 0 Å². The summed E-state index contributed by atoms with van der Waals surface area (Å²) in [5.74, 6) is -1.68. The summed E-state index contributed by atoms with van der Waals surface area (Å²) < 4.78 is 12.7. The summed E-state index contributed by atoms with van der Waals surface area (Å²) in [6.07, 6.45) is -1.01. The van der Waals surface area contributed by atoms with Gasteiger partial charge in [0, 0.05) is 7.05 Å². The number of rotatable bonds is 6. The molecule has 2 aliphatic rings. The van der Waals surface area contributed by atoms with Gasteiger partial charge in [0.25, 0.3) is 5.91 Å². The Morgan fingerprint density at radius 1 is 0.875 bits per heavy atom. The van der Waals surface area contributed by atoms with Crippen molar-refractivity contribution in [1.29, 1.82) is 0 Å². The number of anilines is 2. The number of ether oxygens (including phenoxy) is 2. The van der Waals surface area contributed by atoms with Crippen molar-refractivity contribution in [3.05, 3.63) is 102 Å². The van der Waals surface area contributed by atoms with Gasteiger partial charge in [0.1, 0.15) is 11.6 Å². The van der Waals surface area contributed by atoms with Gasteiger partial charge >= 0.3 is 5.97 Å². The predicted octanol–water partition coefficient (Wildman–Crippen LogP) is 4.01. The number of nitrogens with zero attached hydrogens (tertiary/aromatic N) is 4. The number of carbonyl (C=O) groups is 3. The number of aromatic nitrogens is 2. The van der Waals surface area contributed by atoms with Crippen molar-refractivity contribution in [3.8, 4) is 11.5 Å². The van der Waals surface area contributed by atoms with Gasteiger partial charge in [0.05, 0.1) is 30.2 Å². The monoisotopic (exact) mass is 538 g/mol. The van der Waals surface area contributed by atoms with Gasteiger partial charge in [-0.3, -0.25) is 19.1 Å². The molecule has 2 amide bonds. The Morgan fingerprint density at radius 3 is 2.17 bits per heavy atom. The van der Waals surface area contributed by atoms with E-state index in [1.165, 1.54) is 16.7 Å². The van der Waals surface area contributed by atoms with E-state index in [2.05, 4.69) is 5.10 Å². The summed E-state index contributed by atoms with van der Waals surface area (Å²) in [7, 11) is 3.13. The maximum atomic E-state index is 13.8. The smallest absolute Gasteiger partial charge is 0.362 e. The van der Waals surface area contributed by atoms with Crippen molar-refractivity contribution < 1.29 is 28.7 Å². The molecule has 3 aromatic carbocycles. The summed E-state index contributed by atoms with van der Waals surface area (Å²) in [5.41, 5.74) is 2.82. The highest BCUT2D eigenvalue weighted by Gasteiger charge is 2.60. The van der Waals surface area contributed by atoms with Crippen LogP contribution in [-0.4, -0.2) is 40.8 Å². The number of aryl methyl sites for hydroxylation is 2. The van der Waals surface area contributed by atoms with Crippen LogP contribution >= 0.6 is 0 Å². The highest BCUT2D eigenvalue weighted by Crippen LogP contribution is 2.48. The topological polar surface area (TPSA) is 103 Å². The van der Waals surface area contributed by atoms with E-state index in [0.717, 1.165) is 0 Å². The summed E-state index contributed by atoms with van der Waals surface area (Å²) in [6, 6.07) is 24.1. The van der Waals surface area contributed by atoms with Gasteiger partial charge in [-0.2, -0.15) is 5.10 Å². The fourth-order valence-electron chi connectivity index (χ4n) is 5.29. The number of amides is 2. The van der Waals surface area contributed by atoms with Crippen LogP contribution in [0.15, 0.2) is 84.9 Å². The molecular weight excluding hydrogens is 512 g/mol. The molecule has 0 N–H and O–H groups in total. The Kier molecular flexibility index (Phi) is 6.31. The standard InChI is InChI=1S/C30H26N4O6/c1-18-16-22(32(2)31-18)30(37)39-23-15-14-19(17-24(23)38-3)26-25-27(40-34(26)21-12-8-5-9-13-21)29(36)33(28(25)35)20-10-6-4-7-11-20/h4-17,25-27H,1-3H3/t25-,26+,27-/m0/s1. The number of methoxy groups -OCH3 is 1. The van der Waals surface area contributed by atoms with Crippen molar-refractivity contribution in [2.45, 2.75) is 19.1 Å². The molecule has 2 aliphatic heterocycles. The minimum Gasteiger partial charge on any atom is -0.493 e. The lowest BCUT2D eigenvalue weighted by molar-refractivity contribution is -0.126. The number of hydroxylamine groups is 1. The minimum atomic E-state index is -1.01. The second kappa shape index (κ2) is 9.97. The molecule has 0 aliphatic carbocycles. The highest BCUT2D eigenvalue weighted by atomic mass is 16.7. The van der Waals surface area contributed by atoms with Crippen molar-refractivity contribution in [2.75, 3.05) is 17.1 Å². The van der Waals surface area contributed by atoms with Gasteiger partial charge in [0.2, 0.25) is 5.91 Å². The van der Waals surface area contributed by atoms with E-state index in [1.807, 2.05) is 36.4 Å². The van der Waals surface area contributed by atoms with Gasteiger partial charge in [-0.15, -0.1) is 0 Å². The lowest BCUT2D eigenvalue weighted by Gasteiger charge is -2.29. The maximum absolute atomic E-state index is 13.8. The van der Waals surface area contributed by atoms with Gasteiger partial charge in [-0.1, -0.05) is 42.5 Å². The first-order valence-electron chi connectivity index (χ1n) is 12.7. The van der Waals surface area contributed by atoms with Crippen molar-refractivity contribution >= 4 is 29.2 Å². The molecule has 0 spiro atoms. The van der Waals surface area contributed by atoms with Crippen LogP contribution in [0.25, 0.3) is 0 Å². The SMILES string of the molecule is COc1cc([C@@H]2[C@@H]3C(=O)N(c4ccccc4)C(=O)[C@H]3ON2c2ccccc2)ccc1OC(=O)c1cc(C)nn1C. The number of hydrogen-bond donors (Lipinski definition) is 0. The van der Waals surface area contributed by atoms with Crippen molar-refractivity contribution in [3.63, 3.8) is 0 Å². The van der Waals surface area contributed by atoms with E-state index < -0.39 is 29.9 Å². The largest absolute Gasteiger partial charge is 0.493 e. The first-order valence-corrected chi connectivity index (χ1v) is 12.7. The first kappa shape index (κ1) is 25.3. The zero-order chi connectivity index (χ0) is 28.0. The average Bonchev–Trinajstić information content (AvgIpc) is 3.60. The Bertz CT molecular complexity index is 1600. The molecule has 0 unspecified atom stereocenters. The number of fused-ring (bicyclic) bond motifs is 1. The van der Waals surface area contributed by atoms with Crippen molar-refractivity contribution in [2.24, 2.45) is 13.0 Å². The third-order valence-corrected chi connectivity index (χ3v) is 7.08. The average molecular weight is 539 g/mol.